The van der Waals surface area contributed by atoms with Gasteiger partial charge in [0, 0.05) is 0 Å². The van der Waals surface area contributed by atoms with Crippen molar-refractivity contribution in [2.75, 3.05) is 0 Å². The van der Waals surface area contributed by atoms with Gasteiger partial charge in [-0.15, -0.1) is 0 Å². The first-order valence-electron chi connectivity index (χ1n) is 3.58. The van der Waals surface area contributed by atoms with E-state index in [0.29, 0.717) is 0 Å². The van der Waals surface area contributed by atoms with Crippen molar-refractivity contribution < 1.29 is 18.7 Å². The second-order valence-corrected chi connectivity index (χ2v) is 3.02. The molecule has 2 unspecified atom stereocenters. The number of cyclic esters (lactones) is 2. The predicted molar refractivity (Wildman–Crippen MR) is 32.2 cm³/mol. The van der Waals surface area contributed by atoms with E-state index < -0.39 is 29.9 Å². The molecule has 0 N–H and O–H groups in total. The topological polar surface area (TPSA) is 43.4 Å². The van der Waals surface area contributed by atoms with E-state index in [1.807, 2.05) is 0 Å². The summed E-state index contributed by atoms with van der Waals surface area (Å²) in [6.07, 6.45) is -0.674. The van der Waals surface area contributed by atoms with Gasteiger partial charge in [0.2, 0.25) is 0 Å². The molecule has 4 heteroatoms. The molecule has 0 radical (unpaired) electrons. The van der Waals surface area contributed by atoms with Crippen molar-refractivity contribution >= 4 is 11.9 Å². The minimum atomic E-state index is -0.998. The number of ether oxygens (including phenoxy) is 1. The normalized spacial score (nSPS) is 42.5. The van der Waals surface area contributed by atoms with Crippen LogP contribution in [-0.2, 0) is 14.3 Å². The fraction of sp³-hybridized carbons (Fsp3) is 0.714. The van der Waals surface area contributed by atoms with Gasteiger partial charge in [0.25, 0.3) is 0 Å². The molecule has 1 saturated carbocycles. The summed E-state index contributed by atoms with van der Waals surface area (Å²) in [5, 5.41) is 0. The Morgan fingerprint density at radius 3 is 2.09 bits per heavy atom. The largest absolute Gasteiger partial charge is 0.393 e. The Morgan fingerprint density at radius 1 is 1.18 bits per heavy atom. The van der Waals surface area contributed by atoms with Crippen LogP contribution in [0.4, 0.5) is 4.39 Å². The van der Waals surface area contributed by atoms with E-state index in [1.165, 1.54) is 0 Å². The summed E-state index contributed by atoms with van der Waals surface area (Å²) in [5.74, 6) is -2.06. The molecular weight excluding hydrogens is 151 g/mol. The number of alkyl halides is 1. The summed E-state index contributed by atoms with van der Waals surface area (Å²) in [6.45, 7) is 0. The van der Waals surface area contributed by atoms with Crippen molar-refractivity contribution in [3.05, 3.63) is 0 Å². The summed E-state index contributed by atoms with van der Waals surface area (Å²) < 4.78 is 17.0. The summed E-state index contributed by atoms with van der Waals surface area (Å²) in [4.78, 5) is 21.6. The first kappa shape index (κ1) is 6.76. The number of carbonyl (C=O) groups is 2. The minimum Gasteiger partial charge on any atom is -0.393 e. The lowest BCUT2D eigenvalue weighted by Gasteiger charge is -1.96. The van der Waals surface area contributed by atoms with Gasteiger partial charge in [0.1, 0.15) is 6.17 Å². The fourth-order valence-electron chi connectivity index (χ4n) is 1.75. The standard InChI is InChI=1S/C7H7FO3/c8-3-1-4-5(2-3)7(10)11-6(4)9/h3-5H,1-2H2. The van der Waals surface area contributed by atoms with Crippen LogP contribution in [0.15, 0.2) is 0 Å². The lowest BCUT2D eigenvalue weighted by atomic mass is 10.00. The zero-order chi connectivity index (χ0) is 8.01. The fourth-order valence-corrected chi connectivity index (χ4v) is 1.75. The second-order valence-electron chi connectivity index (χ2n) is 3.02. The molecule has 0 aromatic rings. The van der Waals surface area contributed by atoms with Gasteiger partial charge in [-0.1, -0.05) is 0 Å². The van der Waals surface area contributed by atoms with Gasteiger partial charge in [-0.25, -0.2) is 4.39 Å². The zero-order valence-electron chi connectivity index (χ0n) is 5.75. The molecule has 2 fully saturated rings. The second kappa shape index (κ2) is 2.03. The first-order chi connectivity index (χ1) is 5.18. The van der Waals surface area contributed by atoms with Crippen LogP contribution in [0.2, 0.25) is 0 Å². The molecule has 0 aromatic heterocycles. The average molecular weight is 158 g/mol. The number of fused-ring (bicyclic) bond motifs is 1. The Labute approximate surface area is 62.5 Å². The number of esters is 2. The molecule has 11 heavy (non-hydrogen) atoms. The number of hydrogen-bond acceptors (Lipinski definition) is 3. The molecule has 0 amide bonds. The molecule has 0 spiro atoms. The van der Waals surface area contributed by atoms with Gasteiger partial charge in [-0.05, 0) is 12.8 Å². The number of carbonyl (C=O) groups excluding carboxylic acids is 2. The third kappa shape index (κ3) is 0.852. The van der Waals surface area contributed by atoms with Gasteiger partial charge < -0.3 is 4.74 Å². The van der Waals surface area contributed by atoms with Crippen molar-refractivity contribution in [2.45, 2.75) is 19.0 Å². The van der Waals surface area contributed by atoms with Gasteiger partial charge in [0.05, 0.1) is 11.8 Å². The number of halogens is 1. The third-order valence-electron chi connectivity index (χ3n) is 2.31. The molecule has 1 heterocycles. The van der Waals surface area contributed by atoms with Crippen LogP contribution in [0.1, 0.15) is 12.8 Å². The van der Waals surface area contributed by atoms with Gasteiger partial charge in [-0.3, -0.25) is 9.59 Å². The van der Waals surface area contributed by atoms with Crippen molar-refractivity contribution in [3.8, 4) is 0 Å². The molecular formula is C7H7FO3. The molecule has 0 bridgehead atoms. The maximum Gasteiger partial charge on any atom is 0.317 e. The Balaban J connectivity index is 2.23. The van der Waals surface area contributed by atoms with Crippen LogP contribution < -0.4 is 0 Å². The zero-order valence-corrected chi connectivity index (χ0v) is 5.75. The van der Waals surface area contributed by atoms with Crippen molar-refractivity contribution in [1.82, 2.24) is 0 Å². The lowest BCUT2D eigenvalue weighted by molar-refractivity contribution is -0.154. The van der Waals surface area contributed by atoms with Crippen LogP contribution >= 0.6 is 0 Å². The van der Waals surface area contributed by atoms with Gasteiger partial charge >= 0.3 is 11.9 Å². The van der Waals surface area contributed by atoms with Crippen LogP contribution in [0.25, 0.3) is 0 Å². The van der Waals surface area contributed by atoms with E-state index >= 15 is 0 Å². The summed E-state index contributed by atoms with van der Waals surface area (Å²) in [5.41, 5.74) is 0. The molecule has 1 aliphatic heterocycles. The SMILES string of the molecule is O=C1OC(=O)C2CC(F)CC12. The van der Waals surface area contributed by atoms with Crippen molar-refractivity contribution in [2.24, 2.45) is 11.8 Å². The first-order valence-corrected chi connectivity index (χ1v) is 3.58. The molecule has 60 valence electrons. The molecule has 1 saturated heterocycles. The van der Waals surface area contributed by atoms with Crippen molar-refractivity contribution in [3.63, 3.8) is 0 Å². The molecule has 1 aliphatic carbocycles. The summed E-state index contributed by atoms with van der Waals surface area (Å²) >= 11 is 0. The molecule has 2 rings (SSSR count). The smallest absolute Gasteiger partial charge is 0.317 e. The highest BCUT2D eigenvalue weighted by Crippen LogP contribution is 2.39. The van der Waals surface area contributed by atoms with Gasteiger partial charge in [0.15, 0.2) is 0 Å². The van der Waals surface area contributed by atoms with Crippen LogP contribution in [0.3, 0.4) is 0 Å². The van der Waals surface area contributed by atoms with Crippen LogP contribution in [0, 0.1) is 11.8 Å². The van der Waals surface area contributed by atoms with E-state index in [4.69, 9.17) is 0 Å². The van der Waals surface area contributed by atoms with E-state index in [1.54, 1.807) is 0 Å². The Hall–Kier alpha value is -0.930. The van der Waals surface area contributed by atoms with E-state index in [9.17, 15) is 14.0 Å². The molecule has 3 nitrogen and oxygen atoms in total. The minimum absolute atomic E-state index is 0.162. The summed E-state index contributed by atoms with van der Waals surface area (Å²) in [6, 6.07) is 0. The van der Waals surface area contributed by atoms with Crippen LogP contribution in [0.5, 0.6) is 0 Å². The maximum absolute atomic E-state index is 12.6. The third-order valence-corrected chi connectivity index (χ3v) is 2.31. The number of hydrogen-bond donors (Lipinski definition) is 0. The monoisotopic (exact) mass is 158 g/mol. The van der Waals surface area contributed by atoms with E-state index in [-0.39, 0.29) is 12.8 Å². The predicted octanol–water partition coefficient (Wildman–Crippen LogP) is 0.434. The van der Waals surface area contributed by atoms with Crippen molar-refractivity contribution in [1.29, 1.82) is 0 Å². The molecule has 2 aliphatic rings. The Kier molecular flexibility index (Phi) is 1.25. The average Bonchev–Trinajstić information content (AvgIpc) is 2.38. The molecule has 0 aromatic carbocycles. The number of rotatable bonds is 0. The highest BCUT2D eigenvalue weighted by Gasteiger charge is 2.50. The van der Waals surface area contributed by atoms with Gasteiger partial charge in [-0.2, -0.15) is 0 Å². The lowest BCUT2D eigenvalue weighted by Crippen LogP contribution is -2.09. The highest BCUT2D eigenvalue weighted by molar-refractivity contribution is 5.96. The maximum atomic E-state index is 12.6. The Bertz CT molecular complexity index is 204. The highest BCUT2D eigenvalue weighted by atomic mass is 19.1. The summed E-state index contributed by atoms with van der Waals surface area (Å²) in [7, 11) is 0. The van der Waals surface area contributed by atoms with E-state index in [2.05, 4.69) is 4.74 Å². The quantitative estimate of drug-likeness (QED) is 0.379. The van der Waals surface area contributed by atoms with Crippen LogP contribution in [-0.4, -0.2) is 18.1 Å². The Morgan fingerprint density at radius 2 is 1.64 bits per heavy atom. The molecule has 2 atom stereocenters. The van der Waals surface area contributed by atoms with E-state index in [0.717, 1.165) is 0 Å².